The summed E-state index contributed by atoms with van der Waals surface area (Å²) in [5.41, 5.74) is 2.41. The quantitative estimate of drug-likeness (QED) is 0.348. The lowest BCUT2D eigenvalue weighted by Gasteiger charge is -2.10. The van der Waals surface area contributed by atoms with E-state index in [2.05, 4.69) is 17.3 Å². The van der Waals surface area contributed by atoms with Crippen LogP contribution in [0.25, 0.3) is 0 Å². The predicted molar refractivity (Wildman–Crippen MR) is 48.9 cm³/mol. The normalized spacial score (nSPS) is 13.2. The SMILES string of the molecule is CC#CCC(CS(C)(=O)=O)NN. The number of hydrazine groups is 1. The third kappa shape index (κ3) is 6.16. The van der Waals surface area contributed by atoms with Crippen LogP contribution in [0.1, 0.15) is 13.3 Å². The van der Waals surface area contributed by atoms with Crippen molar-refractivity contribution in [1.82, 2.24) is 5.43 Å². The molecule has 1 unspecified atom stereocenters. The molecule has 0 spiro atoms. The van der Waals surface area contributed by atoms with E-state index in [1.54, 1.807) is 6.92 Å². The first-order valence-electron chi connectivity index (χ1n) is 3.53. The van der Waals surface area contributed by atoms with Crippen molar-refractivity contribution in [3.8, 4) is 11.8 Å². The molecular weight excluding hydrogens is 176 g/mol. The minimum atomic E-state index is -2.98. The molecule has 5 heteroatoms. The van der Waals surface area contributed by atoms with Crippen molar-refractivity contribution >= 4 is 9.84 Å². The van der Waals surface area contributed by atoms with Crippen molar-refractivity contribution in [3.63, 3.8) is 0 Å². The third-order valence-electron chi connectivity index (χ3n) is 1.26. The molecule has 0 radical (unpaired) electrons. The van der Waals surface area contributed by atoms with Crippen LogP contribution >= 0.6 is 0 Å². The van der Waals surface area contributed by atoms with Crippen molar-refractivity contribution in [2.45, 2.75) is 19.4 Å². The standard InChI is InChI=1S/C7H14N2O2S/c1-3-4-5-7(9-8)6-12(2,10)11/h7,9H,5-6,8H2,1-2H3. The molecule has 0 aliphatic carbocycles. The van der Waals surface area contributed by atoms with Gasteiger partial charge in [-0.05, 0) is 6.92 Å². The van der Waals surface area contributed by atoms with Gasteiger partial charge in [-0.3, -0.25) is 11.3 Å². The number of sulfone groups is 1. The predicted octanol–water partition coefficient (Wildman–Crippen LogP) is -0.724. The van der Waals surface area contributed by atoms with Gasteiger partial charge in [-0.25, -0.2) is 8.42 Å². The van der Waals surface area contributed by atoms with Crippen LogP contribution in [-0.2, 0) is 9.84 Å². The lowest BCUT2D eigenvalue weighted by atomic mass is 10.2. The van der Waals surface area contributed by atoms with Crippen molar-refractivity contribution in [2.24, 2.45) is 5.84 Å². The van der Waals surface area contributed by atoms with Gasteiger partial charge >= 0.3 is 0 Å². The maximum absolute atomic E-state index is 10.8. The van der Waals surface area contributed by atoms with Gasteiger partial charge in [0.05, 0.1) is 5.75 Å². The molecule has 12 heavy (non-hydrogen) atoms. The Balaban J connectivity index is 4.06. The Bertz CT molecular complexity index is 274. The molecule has 0 aromatic rings. The second kappa shape index (κ2) is 5.14. The first-order valence-corrected chi connectivity index (χ1v) is 5.59. The number of nitrogens with one attached hydrogen (secondary N) is 1. The van der Waals surface area contributed by atoms with Crippen molar-refractivity contribution in [3.05, 3.63) is 0 Å². The van der Waals surface area contributed by atoms with Gasteiger partial charge in [0.1, 0.15) is 9.84 Å². The molecule has 0 aromatic carbocycles. The molecule has 4 nitrogen and oxygen atoms in total. The molecule has 70 valence electrons. The van der Waals surface area contributed by atoms with Crippen LogP contribution in [0.3, 0.4) is 0 Å². The Morgan fingerprint density at radius 3 is 2.50 bits per heavy atom. The summed E-state index contributed by atoms with van der Waals surface area (Å²) in [7, 11) is -2.98. The topological polar surface area (TPSA) is 72.2 Å². The maximum atomic E-state index is 10.8. The lowest BCUT2D eigenvalue weighted by molar-refractivity contribution is 0.555. The molecule has 0 aromatic heterocycles. The fraction of sp³-hybridized carbons (Fsp3) is 0.714. The Hall–Kier alpha value is -0.570. The highest BCUT2D eigenvalue weighted by molar-refractivity contribution is 7.90. The molecule has 0 fully saturated rings. The van der Waals surface area contributed by atoms with Gasteiger partial charge in [0, 0.05) is 18.7 Å². The lowest BCUT2D eigenvalue weighted by Crippen LogP contribution is -2.39. The van der Waals surface area contributed by atoms with E-state index < -0.39 is 9.84 Å². The number of nitrogens with two attached hydrogens (primary N) is 1. The minimum Gasteiger partial charge on any atom is -0.271 e. The van der Waals surface area contributed by atoms with Gasteiger partial charge in [0.2, 0.25) is 0 Å². The van der Waals surface area contributed by atoms with Gasteiger partial charge in [-0.15, -0.1) is 11.8 Å². The average Bonchev–Trinajstić information content (AvgIpc) is 1.95. The monoisotopic (exact) mass is 190 g/mol. The molecule has 0 bridgehead atoms. The number of hydrogen-bond donors (Lipinski definition) is 2. The molecule has 0 saturated heterocycles. The van der Waals surface area contributed by atoms with Crippen molar-refractivity contribution in [2.75, 3.05) is 12.0 Å². The molecule has 0 rings (SSSR count). The zero-order valence-corrected chi connectivity index (χ0v) is 8.11. The maximum Gasteiger partial charge on any atom is 0.149 e. The zero-order chi connectivity index (χ0) is 9.61. The summed E-state index contributed by atoms with van der Waals surface area (Å²) >= 11 is 0. The molecule has 0 aliphatic rings. The van der Waals surface area contributed by atoms with E-state index in [0.717, 1.165) is 0 Å². The summed E-state index contributed by atoms with van der Waals surface area (Å²) in [6.07, 6.45) is 1.64. The highest BCUT2D eigenvalue weighted by Gasteiger charge is 2.11. The van der Waals surface area contributed by atoms with Crippen LogP contribution in [0.15, 0.2) is 0 Å². The fourth-order valence-electron chi connectivity index (χ4n) is 0.757. The summed E-state index contributed by atoms with van der Waals surface area (Å²) in [6.45, 7) is 1.70. The fourth-order valence-corrected chi connectivity index (χ4v) is 1.70. The summed E-state index contributed by atoms with van der Waals surface area (Å²) in [4.78, 5) is 0. The molecule has 1 atom stereocenters. The smallest absolute Gasteiger partial charge is 0.149 e. The van der Waals surface area contributed by atoms with E-state index in [0.29, 0.717) is 6.42 Å². The van der Waals surface area contributed by atoms with Gasteiger partial charge in [-0.1, -0.05) is 0 Å². The van der Waals surface area contributed by atoms with E-state index in [1.807, 2.05) is 0 Å². The summed E-state index contributed by atoms with van der Waals surface area (Å²) in [6, 6.07) is -0.271. The molecular formula is C7H14N2O2S. The van der Waals surface area contributed by atoms with Gasteiger partial charge in [-0.2, -0.15) is 0 Å². The number of hydrogen-bond acceptors (Lipinski definition) is 4. The van der Waals surface area contributed by atoms with Crippen LogP contribution in [-0.4, -0.2) is 26.5 Å². The Labute approximate surface area is 73.4 Å². The Morgan fingerprint density at radius 1 is 1.58 bits per heavy atom. The Kier molecular flexibility index (Phi) is 4.90. The molecule has 0 amide bonds. The molecule has 0 aliphatic heterocycles. The van der Waals surface area contributed by atoms with Crippen molar-refractivity contribution < 1.29 is 8.42 Å². The van der Waals surface area contributed by atoms with Gasteiger partial charge in [0.25, 0.3) is 0 Å². The van der Waals surface area contributed by atoms with Crippen LogP contribution < -0.4 is 11.3 Å². The van der Waals surface area contributed by atoms with Crippen LogP contribution in [0.2, 0.25) is 0 Å². The second-order valence-electron chi connectivity index (χ2n) is 2.59. The molecule has 3 N–H and O–H groups in total. The molecule has 0 saturated carbocycles. The summed E-state index contributed by atoms with van der Waals surface area (Å²) < 4.78 is 21.6. The summed E-state index contributed by atoms with van der Waals surface area (Å²) in [5, 5.41) is 0. The number of rotatable bonds is 4. The zero-order valence-electron chi connectivity index (χ0n) is 7.29. The minimum absolute atomic E-state index is 0.0260. The molecule has 0 heterocycles. The van der Waals surface area contributed by atoms with E-state index in [-0.39, 0.29) is 11.8 Å². The second-order valence-corrected chi connectivity index (χ2v) is 4.77. The van der Waals surface area contributed by atoms with E-state index >= 15 is 0 Å². The van der Waals surface area contributed by atoms with Crippen LogP contribution in [0.4, 0.5) is 0 Å². The van der Waals surface area contributed by atoms with E-state index in [9.17, 15) is 8.42 Å². The highest BCUT2D eigenvalue weighted by Crippen LogP contribution is 1.94. The Morgan fingerprint density at radius 2 is 2.17 bits per heavy atom. The highest BCUT2D eigenvalue weighted by atomic mass is 32.2. The van der Waals surface area contributed by atoms with Gasteiger partial charge in [0.15, 0.2) is 0 Å². The van der Waals surface area contributed by atoms with Crippen molar-refractivity contribution in [1.29, 1.82) is 0 Å². The van der Waals surface area contributed by atoms with E-state index in [4.69, 9.17) is 5.84 Å². The van der Waals surface area contributed by atoms with Gasteiger partial charge < -0.3 is 0 Å². The van der Waals surface area contributed by atoms with E-state index in [1.165, 1.54) is 6.26 Å². The third-order valence-corrected chi connectivity index (χ3v) is 2.27. The average molecular weight is 190 g/mol. The summed E-state index contributed by atoms with van der Waals surface area (Å²) in [5.74, 6) is 10.6. The van der Waals surface area contributed by atoms with Crippen LogP contribution in [0.5, 0.6) is 0 Å². The largest absolute Gasteiger partial charge is 0.271 e. The van der Waals surface area contributed by atoms with Crippen LogP contribution in [0, 0.1) is 11.8 Å². The first kappa shape index (κ1) is 11.4. The first-order chi connectivity index (χ1) is 5.49.